The molecule has 140 valence electrons. The Morgan fingerprint density at radius 3 is 2.40 bits per heavy atom. The molecule has 1 aliphatic rings. The van der Waals surface area contributed by atoms with Gasteiger partial charge in [-0.1, -0.05) is 12.1 Å². The largest absolute Gasteiger partial charge is 0.384 e. The molecule has 1 aromatic rings. The van der Waals surface area contributed by atoms with Crippen LogP contribution in [0, 0.1) is 5.41 Å². The molecule has 1 fully saturated rings. The zero-order chi connectivity index (χ0) is 17.6. The zero-order valence-corrected chi connectivity index (χ0v) is 15.4. The Labute approximate surface area is 154 Å². The number of carbonyl (C=O) groups excluding carboxylic acids is 2. The molecule has 5 N–H and O–H groups in total. The Bertz CT molecular complexity index is 568. The van der Waals surface area contributed by atoms with Crippen LogP contribution in [-0.2, 0) is 9.53 Å². The Morgan fingerprint density at radius 2 is 1.88 bits per heavy atom. The number of methoxy groups -OCH3 is 1. The van der Waals surface area contributed by atoms with Crippen molar-refractivity contribution < 1.29 is 14.3 Å². The average Bonchev–Trinajstić information content (AvgIpc) is 2.56. The summed E-state index contributed by atoms with van der Waals surface area (Å²) in [6.45, 7) is 4.00. The molecule has 1 aromatic carbocycles. The number of urea groups is 1. The van der Waals surface area contributed by atoms with Crippen LogP contribution in [0.15, 0.2) is 24.3 Å². The summed E-state index contributed by atoms with van der Waals surface area (Å²) in [5.41, 5.74) is 6.20. The van der Waals surface area contributed by atoms with Gasteiger partial charge in [-0.05, 0) is 50.6 Å². The fourth-order valence-electron chi connectivity index (χ4n) is 3.05. The van der Waals surface area contributed by atoms with Crippen molar-refractivity contribution >= 4 is 30.0 Å². The lowest BCUT2D eigenvalue weighted by Gasteiger charge is -2.36. The zero-order valence-electron chi connectivity index (χ0n) is 14.6. The lowest BCUT2D eigenvalue weighted by molar-refractivity contribution is -0.136. The van der Waals surface area contributed by atoms with Gasteiger partial charge in [0.05, 0.1) is 18.1 Å². The molecule has 0 spiro atoms. The average molecular weight is 371 g/mol. The van der Waals surface area contributed by atoms with Crippen LogP contribution in [0.4, 0.5) is 10.5 Å². The van der Waals surface area contributed by atoms with Gasteiger partial charge in [-0.25, -0.2) is 4.79 Å². The van der Waals surface area contributed by atoms with Crippen molar-refractivity contribution in [1.29, 1.82) is 0 Å². The van der Waals surface area contributed by atoms with Crippen molar-refractivity contribution in [2.45, 2.75) is 25.8 Å². The van der Waals surface area contributed by atoms with Crippen LogP contribution in [0.3, 0.4) is 0 Å². The van der Waals surface area contributed by atoms with E-state index in [4.69, 9.17) is 10.5 Å². The highest BCUT2D eigenvalue weighted by atomic mass is 35.5. The van der Waals surface area contributed by atoms with Gasteiger partial charge in [-0.2, -0.15) is 0 Å². The van der Waals surface area contributed by atoms with Crippen molar-refractivity contribution in [3.63, 3.8) is 0 Å². The summed E-state index contributed by atoms with van der Waals surface area (Å²) < 4.78 is 5.31. The van der Waals surface area contributed by atoms with E-state index >= 15 is 0 Å². The van der Waals surface area contributed by atoms with Gasteiger partial charge in [-0.15, -0.1) is 12.4 Å². The molecule has 1 unspecified atom stereocenters. The third-order valence-electron chi connectivity index (χ3n) is 4.49. The summed E-state index contributed by atoms with van der Waals surface area (Å²) in [7, 11) is 1.63. The number of rotatable bonds is 6. The van der Waals surface area contributed by atoms with Crippen molar-refractivity contribution in [1.82, 2.24) is 10.6 Å². The number of piperidine rings is 1. The molecule has 1 saturated heterocycles. The highest BCUT2D eigenvalue weighted by molar-refractivity contribution is 5.87. The number of hydrogen-bond acceptors (Lipinski definition) is 4. The lowest BCUT2D eigenvalue weighted by Crippen LogP contribution is -2.50. The second-order valence-electron chi connectivity index (χ2n) is 6.27. The smallest absolute Gasteiger partial charge is 0.316 e. The summed E-state index contributed by atoms with van der Waals surface area (Å²) in [4.78, 5) is 23.7. The van der Waals surface area contributed by atoms with Gasteiger partial charge in [0.2, 0.25) is 5.91 Å². The van der Waals surface area contributed by atoms with Crippen LogP contribution in [-0.4, -0.2) is 38.7 Å². The third-order valence-corrected chi connectivity index (χ3v) is 4.49. The van der Waals surface area contributed by atoms with E-state index in [1.165, 1.54) is 0 Å². The summed E-state index contributed by atoms with van der Waals surface area (Å²) in [5, 5.41) is 8.89. The van der Waals surface area contributed by atoms with Crippen LogP contribution in [0.5, 0.6) is 0 Å². The standard InChI is InChI=1S/C17H26N4O3.ClH/c1-12(13-3-5-14(6-4-13)21-16(18)23)20-15(22)17(11-24-2)7-9-19-10-8-17;/h3-6,12,19H,7-11H2,1-2H3,(H,20,22)(H3,18,21,23);1H. The van der Waals surface area contributed by atoms with E-state index in [1.54, 1.807) is 19.2 Å². The molecule has 2 rings (SSSR count). The molecule has 0 saturated carbocycles. The second-order valence-corrected chi connectivity index (χ2v) is 6.27. The number of nitrogens with two attached hydrogens (primary N) is 1. The molecule has 1 atom stereocenters. The molecule has 3 amide bonds. The second kappa shape index (κ2) is 9.60. The molecule has 0 bridgehead atoms. The molecular formula is C17H27ClN4O3. The molecule has 7 nitrogen and oxygen atoms in total. The number of ether oxygens (including phenoxy) is 1. The van der Waals surface area contributed by atoms with Crippen molar-refractivity contribution in [2.24, 2.45) is 11.1 Å². The van der Waals surface area contributed by atoms with Crippen molar-refractivity contribution in [3.05, 3.63) is 29.8 Å². The number of nitrogens with one attached hydrogen (secondary N) is 3. The fourth-order valence-corrected chi connectivity index (χ4v) is 3.05. The first-order valence-corrected chi connectivity index (χ1v) is 8.14. The van der Waals surface area contributed by atoms with Crippen LogP contribution in [0.2, 0.25) is 0 Å². The topological polar surface area (TPSA) is 105 Å². The summed E-state index contributed by atoms with van der Waals surface area (Å²) in [6.07, 6.45) is 1.53. The number of anilines is 1. The van der Waals surface area contributed by atoms with Crippen molar-refractivity contribution in [3.8, 4) is 0 Å². The van der Waals surface area contributed by atoms with Gasteiger partial charge in [0, 0.05) is 12.8 Å². The van der Waals surface area contributed by atoms with E-state index in [0.29, 0.717) is 12.3 Å². The molecule has 25 heavy (non-hydrogen) atoms. The lowest BCUT2D eigenvalue weighted by atomic mass is 9.78. The maximum absolute atomic E-state index is 12.8. The normalized spacial score (nSPS) is 17.0. The van der Waals surface area contributed by atoms with Gasteiger partial charge in [-0.3, -0.25) is 4.79 Å². The minimum Gasteiger partial charge on any atom is -0.384 e. The molecule has 1 heterocycles. The van der Waals surface area contributed by atoms with E-state index in [-0.39, 0.29) is 24.4 Å². The molecular weight excluding hydrogens is 344 g/mol. The molecule has 8 heteroatoms. The Balaban J connectivity index is 0.00000312. The maximum Gasteiger partial charge on any atom is 0.316 e. The Morgan fingerprint density at radius 1 is 1.28 bits per heavy atom. The van der Waals surface area contributed by atoms with Gasteiger partial charge in [0.15, 0.2) is 0 Å². The van der Waals surface area contributed by atoms with Crippen LogP contribution < -0.4 is 21.7 Å². The summed E-state index contributed by atoms with van der Waals surface area (Å²) >= 11 is 0. The Kier molecular flexibility index (Phi) is 8.15. The highest BCUT2D eigenvalue weighted by Gasteiger charge is 2.40. The minimum atomic E-state index is -0.600. The van der Waals surface area contributed by atoms with Crippen LogP contribution in [0.25, 0.3) is 0 Å². The number of primary amides is 1. The minimum absolute atomic E-state index is 0. The fraction of sp³-hybridized carbons (Fsp3) is 0.529. The van der Waals surface area contributed by atoms with Crippen LogP contribution >= 0.6 is 12.4 Å². The van der Waals surface area contributed by atoms with E-state index in [0.717, 1.165) is 31.5 Å². The summed E-state index contributed by atoms with van der Waals surface area (Å²) in [6, 6.07) is 6.51. The Hall–Kier alpha value is -1.83. The van der Waals surface area contributed by atoms with Crippen molar-refractivity contribution in [2.75, 3.05) is 32.1 Å². The monoisotopic (exact) mass is 370 g/mol. The highest BCUT2D eigenvalue weighted by Crippen LogP contribution is 2.30. The molecule has 0 aliphatic carbocycles. The van der Waals surface area contributed by atoms with Crippen LogP contribution in [0.1, 0.15) is 31.4 Å². The van der Waals surface area contributed by atoms with Gasteiger partial charge in [0.25, 0.3) is 0 Å². The van der Waals surface area contributed by atoms with Gasteiger partial charge >= 0.3 is 6.03 Å². The maximum atomic E-state index is 12.8. The number of halogens is 1. The van der Waals surface area contributed by atoms with E-state index < -0.39 is 11.4 Å². The number of hydrogen-bond donors (Lipinski definition) is 4. The summed E-state index contributed by atoms with van der Waals surface area (Å²) in [5.74, 6) is 0.0256. The third kappa shape index (κ3) is 5.59. The SMILES string of the molecule is COCC1(C(=O)NC(C)c2ccc(NC(N)=O)cc2)CCNCC1.Cl. The first kappa shape index (κ1) is 21.2. The quantitative estimate of drug-likeness (QED) is 0.612. The van der Waals surface area contributed by atoms with Gasteiger partial charge in [0.1, 0.15) is 0 Å². The number of carbonyl (C=O) groups is 2. The number of amides is 3. The predicted molar refractivity (Wildman–Crippen MR) is 99.9 cm³/mol. The molecule has 1 aliphatic heterocycles. The van der Waals surface area contributed by atoms with Gasteiger partial charge < -0.3 is 26.4 Å². The van der Waals surface area contributed by atoms with E-state index in [2.05, 4.69) is 16.0 Å². The molecule has 0 aromatic heterocycles. The first-order chi connectivity index (χ1) is 11.5. The first-order valence-electron chi connectivity index (χ1n) is 8.14. The molecule has 0 radical (unpaired) electrons. The van der Waals surface area contributed by atoms with E-state index in [1.807, 2.05) is 19.1 Å². The predicted octanol–water partition coefficient (Wildman–Crippen LogP) is 1.79. The number of benzene rings is 1. The van der Waals surface area contributed by atoms with E-state index in [9.17, 15) is 9.59 Å².